The zero-order valence-electron chi connectivity index (χ0n) is 30.0. The molecule has 0 radical (unpaired) electrons. The van der Waals surface area contributed by atoms with Gasteiger partial charge in [0.25, 0.3) is 0 Å². The summed E-state index contributed by atoms with van der Waals surface area (Å²) < 4.78 is 6.64. The van der Waals surface area contributed by atoms with Crippen LogP contribution in [-0.2, 0) is 6.42 Å². The number of fused-ring (bicyclic) bond motifs is 4. The zero-order chi connectivity index (χ0) is 36.0. The highest BCUT2D eigenvalue weighted by molar-refractivity contribution is 6.15. The van der Waals surface area contributed by atoms with E-state index in [2.05, 4.69) is 159 Å². The van der Waals surface area contributed by atoms with Crippen LogP contribution in [0.5, 0.6) is 0 Å². The van der Waals surface area contributed by atoms with Gasteiger partial charge in [-0.2, -0.15) is 0 Å². The Morgan fingerprint density at radius 3 is 2.11 bits per heavy atom. The first-order chi connectivity index (χ1) is 26.7. The van der Waals surface area contributed by atoms with Crippen LogP contribution in [-0.4, -0.2) is 15.0 Å². The second kappa shape index (κ2) is 13.4. The molecule has 0 saturated heterocycles. The fourth-order valence-corrected chi connectivity index (χ4v) is 8.04. The lowest BCUT2D eigenvalue weighted by molar-refractivity contribution is 0.670. The van der Waals surface area contributed by atoms with Gasteiger partial charge in [0.15, 0.2) is 17.5 Å². The van der Waals surface area contributed by atoms with Crippen LogP contribution in [0.15, 0.2) is 168 Å². The van der Waals surface area contributed by atoms with E-state index < -0.39 is 0 Å². The maximum Gasteiger partial charge on any atom is 0.164 e. The first kappa shape index (κ1) is 32.0. The predicted octanol–water partition coefficient (Wildman–Crippen LogP) is 12.8. The van der Waals surface area contributed by atoms with Crippen molar-refractivity contribution in [3.63, 3.8) is 0 Å². The maximum absolute atomic E-state index is 6.64. The van der Waals surface area contributed by atoms with Gasteiger partial charge < -0.3 is 4.42 Å². The normalized spacial score (nSPS) is 16.4. The predicted molar refractivity (Wildman–Crippen MR) is 222 cm³/mol. The van der Waals surface area contributed by atoms with Crippen molar-refractivity contribution in [2.24, 2.45) is 5.92 Å². The number of hydrogen-bond donors (Lipinski definition) is 0. The molecule has 0 bridgehead atoms. The molecule has 0 amide bonds. The maximum atomic E-state index is 6.64. The van der Waals surface area contributed by atoms with Crippen LogP contribution in [0, 0.1) is 5.92 Å². The van der Waals surface area contributed by atoms with Gasteiger partial charge in [0.2, 0.25) is 0 Å². The third-order valence-electron chi connectivity index (χ3n) is 10.9. The molecule has 258 valence electrons. The van der Waals surface area contributed by atoms with Crippen LogP contribution in [0.2, 0.25) is 0 Å². The molecular weight excluding hydrogens is 659 g/mol. The lowest BCUT2D eigenvalue weighted by Gasteiger charge is -2.23. The quantitative estimate of drug-likeness (QED) is 0.174. The number of rotatable bonds is 6. The van der Waals surface area contributed by atoms with Crippen LogP contribution in [0.3, 0.4) is 0 Å². The lowest BCUT2D eigenvalue weighted by Crippen LogP contribution is -2.08. The number of para-hydroxylation sites is 1. The number of nitrogens with zero attached hydrogens (tertiary/aromatic N) is 3. The van der Waals surface area contributed by atoms with E-state index in [4.69, 9.17) is 19.4 Å². The summed E-state index contributed by atoms with van der Waals surface area (Å²) in [5.41, 5.74) is 13.1. The topological polar surface area (TPSA) is 51.8 Å². The molecule has 2 unspecified atom stereocenters. The largest absolute Gasteiger partial charge is 0.455 e. The molecule has 4 nitrogen and oxygen atoms in total. The van der Waals surface area contributed by atoms with Crippen molar-refractivity contribution in [3.8, 4) is 45.0 Å². The molecule has 2 atom stereocenters. The van der Waals surface area contributed by atoms with Gasteiger partial charge in [-0.3, -0.25) is 0 Å². The highest BCUT2D eigenvalue weighted by Gasteiger charge is 2.23. The van der Waals surface area contributed by atoms with Crippen molar-refractivity contribution >= 4 is 33.6 Å². The Hall–Kier alpha value is -6.65. The zero-order valence-corrected chi connectivity index (χ0v) is 30.0. The molecule has 6 aromatic carbocycles. The average Bonchev–Trinajstić information content (AvgIpc) is 3.63. The first-order valence-corrected chi connectivity index (χ1v) is 18.8. The van der Waals surface area contributed by atoms with Crippen molar-refractivity contribution in [1.29, 1.82) is 0 Å². The number of allylic oxidation sites excluding steroid dienone is 5. The lowest BCUT2D eigenvalue weighted by atomic mass is 9.81. The van der Waals surface area contributed by atoms with Gasteiger partial charge in [0.05, 0.1) is 0 Å². The fraction of sp³-hybridized carbons (Fsp3) is 0.100. The minimum absolute atomic E-state index is 0.200. The van der Waals surface area contributed by atoms with Crippen LogP contribution >= 0.6 is 0 Å². The van der Waals surface area contributed by atoms with E-state index >= 15 is 0 Å². The van der Waals surface area contributed by atoms with E-state index in [1.165, 1.54) is 27.8 Å². The first-order valence-electron chi connectivity index (χ1n) is 18.8. The molecule has 10 rings (SSSR count). The number of benzene rings is 6. The standard InChI is InChI=1S/C50H37N3O/c1-32-22-24-36(25-23-32)48-51-49(39-28-29-40(34-13-4-2-5-14-34)44(31-39)38-27-26-33-12-8-9-17-37(33)30-38)53-50(52-48)43-20-11-21-45-46(43)42-19-10-18-41(47(42)54-45)35-15-6-3-7-16-35/h2-22,24-29,31-32,38H,23,30H2,1H3. The van der Waals surface area contributed by atoms with E-state index in [-0.39, 0.29) is 5.92 Å². The van der Waals surface area contributed by atoms with Crippen molar-refractivity contribution in [3.05, 3.63) is 186 Å². The third-order valence-corrected chi connectivity index (χ3v) is 10.9. The molecule has 0 saturated carbocycles. The number of hydrogen-bond acceptors (Lipinski definition) is 4. The van der Waals surface area contributed by atoms with E-state index in [1.54, 1.807) is 0 Å². The molecule has 2 aliphatic rings. The Morgan fingerprint density at radius 2 is 1.30 bits per heavy atom. The average molecular weight is 696 g/mol. The smallest absolute Gasteiger partial charge is 0.164 e. The molecule has 4 heteroatoms. The summed E-state index contributed by atoms with van der Waals surface area (Å²) in [5, 5.41) is 2.04. The van der Waals surface area contributed by atoms with E-state index in [9.17, 15) is 0 Å². The minimum Gasteiger partial charge on any atom is -0.455 e. The van der Waals surface area contributed by atoms with E-state index in [0.717, 1.165) is 62.6 Å². The molecule has 0 aliphatic heterocycles. The van der Waals surface area contributed by atoms with Crippen molar-refractivity contribution in [2.75, 3.05) is 0 Å². The van der Waals surface area contributed by atoms with Gasteiger partial charge in [-0.25, -0.2) is 15.0 Å². The van der Waals surface area contributed by atoms with Crippen LogP contribution in [0.1, 0.15) is 41.8 Å². The molecule has 0 fully saturated rings. The Balaban J connectivity index is 1.16. The SMILES string of the molecule is CC1C=CC(c2nc(-c3ccc(-c4ccccc4)c(C4C=Cc5ccccc5C4)c3)nc(-c3cccc4oc5c(-c6ccccc6)cccc5c34)n2)=CC1. The Kier molecular flexibility index (Phi) is 7.95. The van der Waals surface area contributed by atoms with Crippen LogP contribution in [0.4, 0.5) is 0 Å². The highest BCUT2D eigenvalue weighted by Crippen LogP contribution is 2.42. The Morgan fingerprint density at radius 1 is 0.574 bits per heavy atom. The number of furan rings is 1. The summed E-state index contributed by atoms with van der Waals surface area (Å²) in [6.45, 7) is 2.23. The van der Waals surface area contributed by atoms with Gasteiger partial charge in [-0.15, -0.1) is 0 Å². The summed E-state index contributed by atoms with van der Waals surface area (Å²) >= 11 is 0. The fourth-order valence-electron chi connectivity index (χ4n) is 8.04. The highest BCUT2D eigenvalue weighted by atomic mass is 16.3. The molecular formula is C50H37N3O. The van der Waals surface area contributed by atoms with Crippen molar-refractivity contribution in [1.82, 2.24) is 15.0 Å². The summed E-state index contributed by atoms with van der Waals surface area (Å²) in [4.78, 5) is 15.7. The molecule has 0 spiro atoms. The number of aromatic nitrogens is 3. The molecule has 2 heterocycles. The van der Waals surface area contributed by atoms with E-state index in [0.29, 0.717) is 23.4 Å². The molecule has 0 N–H and O–H groups in total. The molecule has 2 aromatic heterocycles. The van der Waals surface area contributed by atoms with Crippen LogP contribution in [0.25, 0.3) is 78.6 Å². The Bertz CT molecular complexity index is 2790. The summed E-state index contributed by atoms with van der Waals surface area (Å²) in [7, 11) is 0. The molecule has 2 aliphatic carbocycles. The van der Waals surface area contributed by atoms with E-state index in [1.807, 2.05) is 18.2 Å². The van der Waals surface area contributed by atoms with Crippen LogP contribution < -0.4 is 0 Å². The second-order valence-corrected chi connectivity index (χ2v) is 14.4. The molecule has 8 aromatic rings. The van der Waals surface area contributed by atoms with Gasteiger partial charge in [-0.05, 0) is 64.3 Å². The van der Waals surface area contributed by atoms with Crippen molar-refractivity contribution < 1.29 is 4.42 Å². The molecule has 54 heavy (non-hydrogen) atoms. The summed E-state index contributed by atoms with van der Waals surface area (Å²) in [6.07, 6.45) is 13.1. The van der Waals surface area contributed by atoms with Gasteiger partial charge in [0.1, 0.15) is 11.2 Å². The second-order valence-electron chi connectivity index (χ2n) is 14.4. The summed E-state index contributed by atoms with van der Waals surface area (Å²) in [5.74, 6) is 2.63. The van der Waals surface area contributed by atoms with Gasteiger partial charge in [0, 0.05) is 39.0 Å². The minimum atomic E-state index is 0.200. The monoisotopic (exact) mass is 695 g/mol. The van der Waals surface area contributed by atoms with Gasteiger partial charge >= 0.3 is 0 Å². The third kappa shape index (κ3) is 5.77. The Labute approximate surface area is 314 Å². The summed E-state index contributed by atoms with van der Waals surface area (Å²) in [6, 6.07) is 49.1. The van der Waals surface area contributed by atoms with Crippen molar-refractivity contribution in [2.45, 2.75) is 25.7 Å². The van der Waals surface area contributed by atoms with Gasteiger partial charge in [-0.1, -0.05) is 165 Å².